The summed E-state index contributed by atoms with van der Waals surface area (Å²) in [7, 11) is 0. The summed E-state index contributed by atoms with van der Waals surface area (Å²) in [6, 6.07) is 5.81. The van der Waals surface area contributed by atoms with Crippen LogP contribution in [0.2, 0.25) is 0 Å². The Kier molecular flexibility index (Phi) is 4.05. The fourth-order valence-corrected chi connectivity index (χ4v) is 2.74. The summed E-state index contributed by atoms with van der Waals surface area (Å²) in [5.41, 5.74) is 6.06. The highest BCUT2D eigenvalue weighted by molar-refractivity contribution is 9.10. The number of hydrogen-bond donors (Lipinski definition) is 2. The molecule has 0 fully saturated rings. The van der Waals surface area contributed by atoms with Gasteiger partial charge in [-0.15, -0.1) is 11.3 Å². The predicted molar refractivity (Wildman–Crippen MR) is 75.2 cm³/mol. The highest BCUT2D eigenvalue weighted by atomic mass is 79.9. The van der Waals surface area contributed by atoms with Crippen molar-refractivity contribution < 1.29 is 13.2 Å². The maximum absolute atomic E-state index is 12.7. The van der Waals surface area contributed by atoms with Gasteiger partial charge in [-0.2, -0.15) is 13.2 Å². The van der Waals surface area contributed by atoms with E-state index in [4.69, 9.17) is 5.73 Å². The van der Waals surface area contributed by atoms with Crippen LogP contribution in [0.5, 0.6) is 0 Å². The van der Waals surface area contributed by atoms with Gasteiger partial charge in [0.2, 0.25) is 0 Å². The van der Waals surface area contributed by atoms with E-state index in [-0.39, 0.29) is 4.47 Å². The lowest BCUT2D eigenvalue weighted by Gasteiger charge is -2.12. The Morgan fingerprint density at radius 2 is 2.00 bits per heavy atom. The minimum Gasteiger partial charge on any atom is -0.398 e. The van der Waals surface area contributed by atoms with Crippen LogP contribution in [0.3, 0.4) is 0 Å². The second-order valence-corrected chi connectivity index (χ2v) is 5.70. The molecule has 0 bridgehead atoms. The van der Waals surface area contributed by atoms with E-state index >= 15 is 0 Å². The molecule has 0 unspecified atom stereocenters. The van der Waals surface area contributed by atoms with Crippen molar-refractivity contribution in [2.45, 2.75) is 12.7 Å². The van der Waals surface area contributed by atoms with Gasteiger partial charge in [0.05, 0.1) is 12.1 Å². The van der Waals surface area contributed by atoms with Crippen molar-refractivity contribution in [1.29, 1.82) is 0 Å². The van der Waals surface area contributed by atoms with Crippen LogP contribution in [0.15, 0.2) is 34.1 Å². The highest BCUT2D eigenvalue weighted by Crippen LogP contribution is 2.36. The molecule has 0 saturated carbocycles. The molecule has 0 atom stereocenters. The summed E-state index contributed by atoms with van der Waals surface area (Å²) in [6.45, 7) is 0.405. The number of nitrogens with two attached hydrogens (primary N) is 1. The van der Waals surface area contributed by atoms with Crippen molar-refractivity contribution in [2.24, 2.45) is 0 Å². The highest BCUT2D eigenvalue weighted by Gasteiger charge is 2.33. The summed E-state index contributed by atoms with van der Waals surface area (Å²) in [5.74, 6) is 0. The van der Waals surface area contributed by atoms with Crippen LogP contribution in [-0.2, 0) is 12.7 Å². The number of benzene rings is 1. The maximum atomic E-state index is 12.7. The fourth-order valence-electron chi connectivity index (χ4n) is 1.53. The van der Waals surface area contributed by atoms with Crippen LogP contribution in [0.25, 0.3) is 0 Å². The molecule has 7 heteroatoms. The third-order valence-corrected chi connectivity index (χ3v) is 4.13. The maximum Gasteiger partial charge on any atom is 0.417 e. The van der Waals surface area contributed by atoms with Gasteiger partial charge in [0.25, 0.3) is 0 Å². The molecule has 3 N–H and O–H groups in total. The molecule has 1 aromatic carbocycles. The molecule has 0 spiro atoms. The standard InChI is InChI=1S/C12H10BrF3N2S/c13-9-2-1-7(5-8(9)12(14,15)16)18-6-11-10(17)3-4-19-11/h1-5,18H,6,17H2. The predicted octanol–water partition coefficient (Wildman–Crippen LogP) is 4.72. The minimum atomic E-state index is -4.38. The van der Waals surface area contributed by atoms with Gasteiger partial charge in [0.1, 0.15) is 0 Å². The zero-order valence-electron chi connectivity index (χ0n) is 9.59. The number of hydrogen-bond acceptors (Lipinski definition) is 3. The average Bonchev–Trinajstić information content (AvgIpc) is 2.72. The summed E-state index contributed by atoms with van der Waals surface area (Å²) < 4.78 is 38.2. The van der Waals surface area contributed by atoms with Gasteiger partial charge >= 0.3 is 6.18 Å². The van der Waals surface area contributed by atoms with Gasteiger partial charge < -0.3 is 11.1 Å². The zero-order chi connectivity index (χ0) is 14.0. The lowest BCUT2D eigenvalue weighted by Crippen LogP contribution is -2.07. The molecule has 0 amide bonds. The molecule has 0 radical (unpaired) electrons. The Hall–Kier alpha value is -1.21. The van der Waals surface area contributed by atoms with E-state index in [0.29, 0.717) is 17.9 Å². The molecule has 0 saturated heterocycles. The van der Waals surface area contributed by atoms with E-state index in [1.807, 2.05) is 5.38 Å². The van der Waals surface area contributed by atoms with Gasteiger partial charge in [0.15, 0.2) is 0 Å². The Bertz CT molecular complexity index is 581. The molecule has 2 aromatic rings. The average molecular weight is 351 g/mol. The van der Waals surface area contributed by atoms with Crippen molar-refractivity contribution in [1.82, 2.24) is 0 Å². The largest absolute Gasteiger partial charge is 0.417 e. The number of thiophene rings is 1. The van der Waals surface area contributed by atoms with E-state index in [0.717, 1.165) is 10.9 Å². The van der Waals surface area contributed by atoms with Crippen LogP contribution in [0.4, 0.5) is 24.5 Å². The van der Waals surface area contributed by atoms with Gasteiger partial charge in [-0.1, -0.05) is 15.9 Å². The van der Waals surface area contributed by atoms with Crippen molar-refractivity contribution in [2.75, 3.05) is 11.1 Å². The van der Waals surface area contributed by atoms with Crippen LogP contribution in [0, 0.1) is 0 Å². The first kappa shape index (κ1) is 14.2. The van der Waals surface area contributed by atoms with Crippen LogP contribution >= 0.6 is 27.3 Å². The SMILES string of the molecule is Nc1ccsc1CNc1ccc(Br)c(C(F)(F)F)c1. The Labute approximate surface area is 120 Å². The fraction of sp³-hybridized carbons (Fsp3) is 0.167. The molecule has 2 nitrogen and oxygen atoms in total. The topological polar surface area (TPSA) is 38.0 Å². The first-order valence-electron chi connectivity index (χ1n) is 5.30. The first-order valence-corrected chi connectivity index (χ1v) is 6.97. The van der Waals surface area contributed by atoms with Crippen LogP contribution < -0.4 is 11.1 Å². The minimum absolute atomic E-state index is 0.0289. The summed E-state index contributed by atoms with van der Waals surface area (Å²) in [5, 5.41) is 4.78. The lowest BCUT2D eigenvalue weighted by atomic mass is 10.2. The van der Waals surface area contributed by atoms with E-state index in [1.165, 1.54) is 17.4 Å². The number of nitrogens with one attached hydrogen (secondary N) is 1. The zero-order valence-corrected chi connectivity index (χ0v) is 12.0. The monoisotopic (exact) mass is 350 g/mol. The Balaban J connectivity index is 2.16. The molecule has 0 aliphatic rings. The van der Waals surface area contributed by atoms with Crippen LogP contribution in [0.1, 0.15) is 10.4 Å². The number of alkyl halides is 3. The van der Waals surface area contributed by atoms with Crippen molar-refractivity contribution in [3.05, 3.63) is 44.6 Å². The molecule has 0 aliphatic heterocycles. The lowest BCUT2D eigenvalue weighted by molar-refractivity contribution is -0.138. The first-order chi connectivity index (χ1) is 8.88. The molecule has 19 heavy (non-hydrogen) atoms. The molecule has 1 heterocycles. The third-order valence-electron chi connectivity index (χ3n) is 2.50. The number of halogens is 4. The van der Waals surface area contributed by atoms with Crippen LogP contribution in [-0.4, -0.2) is 0 Å². The quantitative estimate of drug-likeness (QED) is 0.840. The van der Waals surface area contributed by atoms with Gasteiger partial charge in [-0.3, -0.25) is 0 Å². The molecule has 102 valence electrons. The van der Waals surface area contributed by atoms with E-state index in [2.05, 4.69) is 21.2 Å². The third kappa shape index (κ3) is 3.42. The second-order valence-electron chi connectivity index (χ2n) is 3.85. The van der Waals surface area contributed by atoms with Gasteiger partial charge in [-0.25, -0.2) is 0 Å². The smallest absolute Gasteiger partial charge is 0.398 e. The van der Waals surface area contributed by atoms with Crippen molar-refractivity contribution in [3.63, 3.8) is 0 Å². The summed E-state index contributed by atoms with van der Waals surface area (Å²) >= 11 is 4.36. The van der Waals surface area contributed by atoms with E-state index in [1.54, 1.807) is 12.1 Å². The number of anilines is 2. The number of rotatable bonds is 3. The molecule has 2 rings (SSSR count). The van der Waals surface area contributed by atoms with Gasteiger partial charge in [0, 0.05) is 20.7 Å². The van der Waals surface area contributed by atoms with E-state index in [9.17, 15) is 13.2 Å². The molecular formula is C12H10BrF3N2S. The van der Waals surface area contributed by atoms with E-state index < -0.39 is 11.7 Å². The molecule has 0 aliphatic carbocycles. The Morgan fingerprint density at radius 3 is 2.58 bits per heavy atom. The number of nitrogen functional groups attached to an aromatic ring is 1. The van der Waals surface area contributed by atoms with Crippen molar-refractivity contribution in [3.8, 4) is 0 Å². The second kappa shape index (κ2) is 5.42. The summed E-state index contributed by atoms with van der Waals surface area (Å²) in [6.07, 6.45) is -4.38. The summed E-state index contributed by atoms with van der Waals surface area (Å²) in [4.78, 5) is 0.900. The normalized spacial score (nSPS) is 11.6. The Morgan fingerprint density at radius 1 is 1.26 bits per heavy atom. The molecule has 1 aromatic heterocycles. The van der Waals surface area contributed by atoms with Crippen molar-refractivity contribution >= 4 is 38.6 Å². The molecular weight excluding hydrogens is 341 g/mol. The van der Waals surface area contributed by atoms with Gasteiger partial charge in [-0.05, 0) is 29.6 Å².